The lowest BCUT2D eigenvalue weighted by Gasteiger charge is -2.64. The fraction of sp³-hybridized carbons (Fsp3) is 0.684. The fourth-order valence-corrected chi connectivity index (χ4v) is 6.57. The number of amides is 1. The molecule has 1 aromatic rings. The summed E-state index contributed by atoms with van der Waals surface area (Å²) in [5, 5.41) is 3.22. The number of nitrogens with one attached hydrogen (secondary N) is 1. The summed E-state index contributed by atoms with van der Waals surface area (Å²) in [4.78, 5) is 17.1. The van der Waals surface area contributed by atoms with E-state index in [1.165, 1.54) is 19.3 Å². The lowest BCUT2D eigenvalue weighted by Crippen LogP contribution is -2.59. The number of carbonyl (C=O) groups excluding carboxylic acids is 1. The Balaban J connectivity index is 1.53. The molecule has 4 saturated carbocycles. The number of carbonyl (C=O) groups is 1. The third kappa shape index (κ3) is 2.26. The predicted molar refractivity (Wildman–Crippen MR) is 85.9 cm³/mol. The number of hydrogen-bond acceptors (Lipinski definition) is 2. The molecule has 4 aliphatic rings. The highest BCUT2D eigenvalue weighted by molar-refractivity contribution is 5.83. The van der Waals surface area contributed by atoms with Crippen molar-refractivity contribution in [1.29, 1.82) is 0 Å². The summed E-state index contributed by atoms with van der Waals surface area (Å²) in [6.45, 7) is 5.46. The van der Waals surface area contributed by atoms with Crippen LogP contribution in [0.4, 0.5) is 0 Å². The van der Waals surface area contributed by atoms with Crippen LogP contribution in [0.5, 0.6) is 0 Å². The Labute approximate surface area is 132 Å². The summed E-state index contributed by atoms with van der Waals surface area (Å²) < 4.78 is 0. The molecular weight excluding hydrogens is 272 g/mol. The molecule has 4 bridgehead atoms. The van der Waals surface area contributed by atoms with Crippen LogP contribution in [-0.2, 0) is 11.3 Å². The average Bonchev–Trinajstić information content (AvgIpc) is 2.42. The van der Waals surface area contributed by atoms with Gasteiger partial charge in [0.15, 0.2) is 0 Å². The van der Waals surface area contributed by atoms with Crippen molar-refractivity contribution in [3.8, 4) is 0 Å². The lowest BCUT2D eigenvalue weighted by atomic mass is 9.40. The van der Waals surface area contributed by atoms with Crippen molar-refractivity contribution in [3.63, 3.8) is 0 Å². The average molecular weight is 298 g/mol. The van der Waals surface area contributed by atoms with Crippen molar-refractivity contribution in [2.75, 3.05) is 0 Å². The Bertz CT molecular complexity index is 579. The first kappa shape index (κ1) is 14.2. The van der Waals surface area contributed by atoms with Gasteiger partial charge in [0.05, 0.1) is 5.41 Å². The zero-order valence-electron chi connectivity index (χ0n) is 13.7. The largest absolute Gasteiger partial charge is 0.352 e. The van der Waals surface area contributed by atoms with E-state index >= 15 is 0 Å². The molecule has 4 fully saturated rings. The molecule has 3 heteroatoms. The van der Waals surface area contributed by atoms with Gasteiger partial charge in [0.1, 0.15) is 0 Å². The normalized spacial score (nSPS) is 42.4. The number of pyridine rings is 1. The van der Waals surface area contributed by atoms with E-state index in [1.54, 1.807) is 12.4 Å². The van der Waals surface area contributed by atoms with E-state index in [9.17, 15) is 4.79 Å². The first-order valence-corrected chi connectivity index (χ1v) is 8.58. The molecular formula is C19H26N2O. The summed E-state index contributed by atoms with van der Waals surface area (Å²) in [6, 6.07) is 3.95. The smallest absolute Gasteiger partial charge is 0.226 e. The number of hydrogen-bond donors (Lipinski definition) is 1. The van der Waals surface area contributed by atoms with E-state index in [0.717, 1.165) is 30.7 Å². The summed E-state index contributed by atoms with van der Waals surface area (Å²) in [5.74, 6) is 1.06. The Morgan fingerprint density at radius 1 is 1.14 bits per heavy atom. The highest BCUT2D eigenvalue weighted by Crippen LogP contribution is 2.69. The second-order valence-corrected chi connectivity index (χ2v) is 8.95. The van der Waals surface area contributed by atoms with Crippen molar-refractivity contribution in [3.05, 3.63) is 30.1 Å². The molecule has 5 rings (SSSR count). The van der Waals surface area contributed by atoms with E-state index < -0.39 is 0 Å². The number of nitrogens with zero attached hydrogens (tertiary/aromatic N) is 1. The third-order valence-electron chi connectivity index (χ3n) is 6.31. The molecule has 4 aliphatic carbocycles. The third-order valence-corrected chi connectivity index (χ3v) is 6.31. The lowest BCUT2D eigenvalue weighted by molar-refractivity contribution is -0.170. The first-order chi connectivity index (χ1) is 10.4. The monoisotopic (exact) mass is 298 g/mol. The van der Waals surface area contributed by atoms with Crippen LogP contribution in [0.1, 0.15) is 57.9 Å². The maximum absolute atomic E-state index is 13.0. The van der Waals surface area contributed by atoms with E-state index in [0.29, 0.717) is 23.3 Å². The van der Waals surface area contributed by atoms with Gasteiger partial charge in [-0.1, -0.05) is 13.8 Å². The highest BCUT2D eigenvalue weighted by atomic mass is 16.2. The van der Waals surface area contributed by atoms with Gasteiger partial charge in [-0.15, -0.1) is 0 Å². The predicted octanol–water partition coefficient (Wildman–Crippen LogP) is 3.69. The number of aromatic nitrogens is 1. The molecule has 2 atom stereocenters. The van der Waals surface area contributed by atoms with Gasteiger partial charge in [0, 0.05) is 18.9 Å². The standard InChI is InChI=1S/C19H26N2O/c1-17-7-15-8-18(2,11-17)13-19(9-15,12-17)16(22)21-10-14-3-5-20-6-4-14/h3-6,15H,7-13H2,1-2H3,(H,21,22)/t15?,17-,18-,19?/m1/s1. The van der Waals surface area contributed by atoms with Crippen molar-refractivity contribution in [1.82, 2.24) is 10.3 Å². The minimum absolute atomic E-state index is 0.101. The van der Waals surface area contributed by atoms with Gasteiger partial charge in [-0.05, 0) is 73.0 Å². The van der Waals surface area contributed by atoms with Gasteiger partial charge in [-0.3, -0.25) is 9.78 Å². The van der Waals surface area contributed by atoms with Gasteiger partial charge in [0.2, 0.25) is 5.91 Å². The molecule has 0 spiro atoms. The quantitative estimate of drug-likeness (QED) is 0.924. The maximum Gasteiger partial charge on any atom is 0.226 e. The van der Waals surface area contributed by atoms with E-state index in [2.05, 4.69) is 24.1 Å². The molecule has 0 unspecified atom stereocenters. The summed E-state index contributed by atoms with van der Waals surface area (Å²) in [7, 11) is 0. The van der Waals surface area contributed by atoms with Crippen LogP contribution in [0.2, 0.25) is 0 Å². The molecule has 1 heterocycles. The molecule has 22 heavy (non-hydrogen) atoms. The Hall–Kier alpha value is -1.38. The van der Waals surface area contributed by atoms with Gasteiger partial charge in [-0.2, -0.15) is 0 Å². The fourth-order valence-electron chi connectivity index (χ4n) is 6.57. The van der Waals surface area contributed by atoms with Crippen LogP contribution >= 0.6 is 0 Å². The van der Waals surface area contributed by atoms with Crippen molar-refractivity contribution >= 4 is 5.91 Å². The summed E-state index contributed by atoms with van der Waals surface area (Å²) in [5.41, 5.74) is 1.81. The highest BCUT2D eigenvalue weighted by Gasteiger charge is 2.62. The SMILES string of the molecule is C[C@]12CC3CC(C(=O)NCc4ccncc4)(C1)C[C@](C)(C3)C2. The Kier molecular flexibility index (Phi) is 2.95. The molecule has 0 aromatic carbocycles. The Morgan fingerprint density at radius 3 is 2.36 bits per heavy atom. The second kappa shape index (κ2) is 4.56. The minimum Gasteiger partial charge on any atom is -0.352 e. The second-order valence-electron chi connectivity index (χ2n) is 8.95. The molecule has 1 N–H and O–H groups in total. The molecule has 0 saturated heterocycles. The summed E-state index contributed by atoms with van der Waals surface area (Å²) >= 11 is 0. The Morgan fingerprint density at radius 2 is 1.77 bits per heavy atom. The van der Waals surface area contributed by atoms with Crippen LogP contribution in [0.25, 0.3) is 0 Å². The van der Waals surface area contributed by atoms with Gasteiger partial charge >= 0.3 is 0 Å². The van der Waals surface area contributed by atoms with Crippen LogP contribution < -0.4 is 5.32 Å². The molecule has 3 nitrogen and oxygen atoms in total. The van der Waals surface area contributed by atoms with Crippen LogP contribution in [0.3, 0.4) is 0 Å². The molecule has 118 valence electrons. The van der Waals surface area contributed by atoms with Gasteiger partial charge in [0.25, 0.3) is 0 Å². The van der Waals surface area contributed by atoms with Crippen molar-refractivity contribution in [2.45, 2.75) is 58.9 Å². The van der Waals surface area contributed by atoms with E-state index in [4.69, 9.17) is 0 Å². The van der Waals surface area contributed by atoms with Crippen molar-refractivity contribution < 1.29 is 4.79 Å². The van der Waals surface area contributed by atoms with Gasteiger partial charge in [-0.25, -0.2) is 0 Å². The van der Waals surface area contributed by atoms with Gasteiger partial charge < -0.3 is 5.32 Å². The zero-order chi connectivity index (χ0) is 15.4. The molecule has 1 amide bonds. The first-order valence-electron chi connectivity index (χ1n) is 8.58. The van der Waals surface area contributed by atoms with Crippen LogP contribution in [0.15, 0.2) is 24.5 Å². The minimum atomic E-state index is -0.101. The molecule has 0 radical (unpaired) electrons. The van der Waals surface area contributed by atoms with Crippen LogP contribution in [0, 0.1) is 22.2 Å². The van der Waals surface area contributed by atoms with E-state index in [1.807, 2.05) is 12.1 Å². The maximum atomic E-state index is 13.0. The topological polar surface area (TPSA) is 42.0 Å². The van der Waals surface area contributed by atoms with E-state index in [-0.39, 0.29) is 5.41 Å². The molecule has 0 aliphatic heterocycles. The molecule has 1 aromatic heterocycles. The number of rotatable bonds is 3. The zero-order valence-corrected chi connectivity index (χ0v) is 13.7. The summed E-state index contributed by atoms with van der Waals surface area (Å²) in [6.07, 6.45) is 10.9. The van der Waals surface area contributed by atoms with Crippen LogP contribution in [-0.4, -0.2) is 10.9 Å². The van der Waals surface area contributed by atoms with Crippen molar-refractivity contribution in [2.24, 2.45) is 22.2 Å².